The standard InChI is InChI=1S/C31H33ClF3N7O7S/c1-15(43)48-13-26-31(49-16(2)44)29(42-10-22(38-40-42)18-6-19(33)28(35)20(34)7-18)24(46-3)14-50(26)25-12-47-11-23(30(25)45)41-9-21(37-39-41)17-4-5-36-27(32)8-17/h4-10,23-26,29-31,45,50H,11-14H2,1-3H3/t23-,24-,25+,26+,29-,30+,31-/m0/s1. The molecule has 4 aromatic rings. The Labute approximate surface area is 291 Å². The van der Waals surface area contributed by atoms with Gasteiger partial charge in [-0.3, -0.25) is 9.59 Å². The molecule has 8 atom stereocenters. The van der Waals surface area contributed by atoms with Crippen LogP contribution in [0.3, 0.4) is 0 Å². The van der Waals surface area contributed by atoms with Crippen LogP contribution in [0, 0.1) is 17.5 Å². The van der Waals surface area contributed by atoms with E-state index < -0.39 is 81.2 Å². The van der Waals surface area contributed by atoms with Crippen LogP contribution in [0.1, 0.15) is 25.9 Å². The number of methoxy groups -OCH3 is 1. The molecule has 6 rings (SSSR count). The molecule has 3 aromatic heterocycles. The fraction of sp³-hybridized carbons (Fsp3) is 0.452. The van der Waals surface area contributed by atoms with E-state index in [9.17, 15) is 27.9 Å². The van der Waals surface area contributed by atoms with Gasteiger partial charge < -0.3 is 24.1 Å². The number of benzene rings is 1. The average Bonchev–Trinajstić information content (AvgIpc) is 3.77. The number of rotatable bonds is 9. The highest BCUT2D eigenvalue weighted by molar-refractivity contribution is 8.18. The molecule has 14 nitrogen and oxygen atoms in total. The number of aliphatic hydroxyl groups is 1. The molecule has 0 bridgehead atoms. The predicted octanol–water partition coefficient (Wildman–Crippen LogP) is 3.10. The monoisotopic (exact) mass is 739 g/mol. The number of hydrogen-bond acceptors (Lipinski definition) is 12. The third-order valence-electron chi connectivity index (χ3n) is 8.74. The Morgan fingerprint density at radius 3 is 2.36 bits per heavy atom. The quantitative estimate of drug-likeness (QED) is 0.112. The molecule has 2 saturated heterocycles. The summed E-state index contributed by atoms with van der Waals surface area (Å²) in [6.45, 7) is 2.57. The van der Waals surface area contributed by atoms with E-state index in [2.05, 4.69) is 25.6 Å². The molecule has 1 aromatic carbocycles. The maximum Gasteiger partial charge on any atom is 0.303 e. The summed E-state index contributed by atoms with van der Waals surface area (Å²) in [5, 5.41) is 27.7. The maximum absolute atomic E-state index is 14.1. The lowest BCUT2D eigenvalue weighted by Crippen LogP contribution is -2.57. The zero-order chi connectivity index (χ0) is 35.7. The van der Waals surface area contributed by atoms with Gasteiger partial charge in [-0.15, -0.1) is 10.2 Å². The van der Waals surface area contributed by atoms with Crippen molar-refractivity contribution in [1.29, 1.82) is 0 Å². The topological polar surface area (TPSA) is 166 Å². The summed E-state index contributed by atoms with van der Waals surface area (Å²) in [5.74, 6) is -5.33. The van der Waals surface area contributed by atoms with Crippen LogP contribution in [0.25, 0.3) is 22.5 Å². The molecule has 0 radical (unpaired) electrons. The fourth-order valence-electron chi connectivity index (χ4n) is 6.41. The highest BCUT2D eigenvalue weighted by Crippen LogP contribution is 2.52. The van der Waals surface area contributed by atoms with Crippen molar-refractivity contribution in [2.75, 3.05) is 32.7 Å². The Kier molecular flexibility index (Phi) is 10.7. The molecule has 19 heteroatoms. The van der Waals surface area contributed by atoms with Crippen molar-refractivity contribution in [3.63, 3.8) is 0 Å². The van der Waals surface area contributed by atoms with Crippen LogP contribution in [-0.4, -0.2) is 114 Å². The number of hydrogen-bond donors (Lipinski definition) is 2. The maximum atomic E-state index is 14.1. The number of aromatic nitrogens is 7. The molecule has 0 amide bonds. The van der Waals surface area contributed by atoms with E-state index in [1.807, 2.05) is 0 Å². The molecule has 268 valence electrons. The van der Waals surface area contributed by atoms with Gasteiger partial charge in [0.1, 0.15) is 41.3 Å². The molecule has 2 aliphatic rings. The van der Waals surface area contributed by atoms with Gasteiger partial charge in [-0.25, -0.2) is 38.4 Å². The minimum absolute atomic E-state index is 0.0174. The largest absolute Gasteiger partial charge is 0.465 e. The Hall–Kier alpha value is -4.10. The molecule has 50 heavy (non-hydrogen) atoms. The van der Waals surface area contributed by atoms with Gasteiger partial charge in [0.15, 0.2) is 17.5 Å². The van der Waals surface area contributed by atoms with E-state index >= 15 is 0 Å². The van der Waals surface area contributed by atoms with E-state index in [-0.39, 0.29) is 36.2 Å². The van der Waals surface area contributed by atoms with Crippen molar-refractivity contribution in [2.24, 2.45) is 0 Å². The summed E-state index contributed by atoms with van der Waals surface area (Å²) >= 11 is 6.05. The lowest BCUT2D eigenvalue weighted by molar-refractivity contribution is -0.154. The number of esters is 2. The van der Waals surface area contributed by atoms with Crippen LogP contribution < -0.4 is 0 Å². The zero-order valence-electron chi connectivity index (χ0n) is 26.9. The van der Waals surface area contributed by atoms with E-state index in [1.165, 1.54) is 36.5 Å². The Morgan fingerprint density at radius 2 is 1.70 bits per heavy atom. The first-order chi connectivity index (χ1) is 23.9. The van der Waals surface area contributed by atoms with Gasteiger partial charge in [-0.1, -0.05) is 22.0 Å². The highest BCUT2D eigenvalue weighted by Gasteiger charge is 2.52. The van der Waals surface area contributed by atoms with Crippen molar-refractivity contribution in [1.82, 2.24) is 35.0 Å². The van der Waals surface area contributed by atoms with Crippen molar-refractivity contribution < 1.29 is 46.8 Å². The molecule has 1 N–H and O–H groups in total. The predicted molar refractivity (Wildman–Crippen MR) is 173 cm³/mol. The van der Waals surface area contributed by atoms with Gasteiger partial charge >= 0.3 is 11.9 Å². The molecule has 0 aliphatic carbocycles. The van der Waals surface area contributed by atoms with Crippen LogP contribution in [-0.2, 0) is 28.5 Å². The van der Waals surface area contributed by atoms with Gasteiger partial charge in [0, 0.05) is 49.3 Å². The Morgan fingerprint density at radius 1 is 1.02 bits per heavy atom. The number of ether oxygens (including phenoxy) is 4. The SMILES string of the molecule is CO[C@H]1C[SH]([C@@H]2COC[C@H](n3cc(-c4ccnc(Cl)c4)nn3)[C@H]2O)[C@H](COC(C)=O)[C@H](OC(C)=O)[C@H]1n1cc(-c2cc(F)c(F)c(F)c2)nn1. The molecule has 2 fully saturated rings. The second kappa shape index (κ2) is 15.0. The zero-order valence-corrected chi connectivity index (χ0v) is 28.5. The van der Waals surface area contributed by atoms with Gasteiger partial charge in [0.2, 0.25) is 0 Å². The highest BCUT2D eigenvalue weighted by atomic mass is 35.5. The van der Waals surface area contributed by atoms with Gasteiger partial charge in [0.05, 0.1) is 43.1 Å². The number of pyridine rings is 1. The van der Waals surface area contributed by atoms with Crippen LogP contribution in [0.15, 0.2) is 42.9 Å². The smallest absolute Gasteiger partial charge is 0.303 e. The van der Waals surface area contributed by atoms with Crippen LogP contribution in [0.4, 0.5) is 13.2 Å². The normalized spacial score (nSPS) is 27.5. The molecular formula is C31H33ClF3N7O7S. The van der Waals surface area contributed by atoms with Gasteiger partial charge in [-0.2, -0.15) is 0 Å². The van der Waals surface area contributed by atoms with Crippen molar-refractivity contribution in [3.05, 3.63) is 65.5 Å². The second-order valence-corrected chi connectivity index (χ2v) is 15.0. The van der Waals surface area contributed by atoms with Gasteiger partial charge in [-0.05, 0) is 24.3 Å². The molecule has 0 saturated carbocycles. The van der Waals surface area contributed by atoms with Crippen LogP contribution in [0.5, 0.6) is 0 Å². The first-order valence-corrected chi connectivity index (χ1v) is 17.4. The van der Waals surface area contributed by atoms with E-state index in [0.29, 0.717) is 17.0 Å². The number of thiol groups is 1. The lowest BCUT2D eigenvalue weighted by atomic mass is 10.0. The summed E-state index contributed by atoms with van der Waals surface area (Å²) < 4.78 is 68.0. The first kappa shape index (κ1) is 35.7. The Bertz CT molecular complexity index is 1840. The summed E-state index contributed by atoms with van der Waals surface area (Å²) in [7, 11) is 0.0551. The first-order valence-electron chi connectivity index (χ1n) is 15.4. The fourth-order valence-corrected chi connectivity index (χ4v) is 10.2. The minimum Gasteiger partial charge on any atom is -0.465 e. The van der Waals surface area contributed by atoms with E-state index in [4.69, 9.17) is 30.5 Å². The van der Waals surface area contributed by atoms with Crippen LogP contribution >= 0.6 is 22.5 Å². The Balaban J connectivity index is 1.34. The third kappa shape index (κ3) is 7.34. The number of nitrogens with zero attached hydrogens (tertiary/aromatic N) is 7. The summed E-state index contributed by atoms with van der Waals surface area (Å²) in [6.07, 6.45) is 1.85. The lowest BCUT2D eigenvalue weighted by Gasteiger charge is -2.52. The van der Waals surface area contributed by atoms with Crippen molar-refractivity contribution >= 4 is 34.4 Å². The van der Waals surface area contributed by atoms with Crippen LogP contribution in [0.2, 0.25) is 5.15 Å². The number of aliphatic hydroxyl groups excluding tert-OH is 1. The van der Waals surface area contributed by atoms with E-state index in [1.54, 1.807) is 24.5 Å². The van der Waals surface area contributed by atoms with E-state index in [0.717, 1.165) is 12.1 Å². The third-order valence-corrected chi connectivity index (χ3v) is 12.3. The van der Waals surface area contributed by atoms with Gasteiger partial charge in [0.25, 0.3) is 0 Å². The molecule has 2 aliphatic heterocycles. The summed E-state index contributed by atoms with van der Waals surface area (Å²) in [5.41, 5.74) is 1.14. The molecule has 1 unspecified atom stereocenters. The van der Waals surface area contributed by atoms with Crippen molar-refractivity contribution in [3.8, 4) is 22.5 Å². The minimum atomic E-state index is -1.62. The number of halogens is 4. The van der Waals surface area contributed by atoms with Crippen molar-refractivity contribution in [2.45, 2.75) is 54.7 Å². The molecule has 0 spiro atoms. The summed E-state index contributed by atoms with van der Waals surface area (Å²) in [6, 6.07) is 3.44. The second-order valence-electron chi connectivity index (χ2n) is 11.9. The summed E-state index contributed by atoms with van der Waals surface area (Å²) in [4.78, 5) is 28.7. The molecular weight excluding hydrogens is 707 g/mol. The number of carbonyl (C=O) groups excluding carboxylic acids is 2. The number of carbonyl (C=O) groups is 2. The molecule has 5 heterocycles. The average molecular weight is 740 g/mol.